The maximum atomic E-state index is 12.4. The Bertz CT molecular complexity index is 310. The first-order valence-corrected chi connectivity index (χ1v) is 4.70. The van der Waals surface area contributed by atoms with E-state index in [2.05, 4.69) is 0 Å². The molecule has 0 unspecified atom stereocenters. The van der Waals surface area contributed by atoms with Crippen LogP contribution in [0.4, 0.5) is 8.78 Å². The fourth-order valence-corrected chi connectivity index (χ4v) is 0.779. The molecule has 1 aromatic carbocycles. The van der Waals surface area contributed by atoms with Crippen molar-refractivity contribution in [2.45, 2.75) is 6.92 Å². The molecule has 5 heteroatoms. The van der Waals surface area contributed by atoms with E-state index in [1.807, 2.05) is 0 Å². The van der Waals surface area contributed by atoms with Crippen molar-refractivity contribution in [3.05, 3.63) is 29.8 Å². The average Bonchev–Trinajstić information content (AvgIpc) is 2.17. The molecule has 0 radical (unpaired) electrons. The van der Waals surface area contributed by atoms with Crippen molar-refractivity contribution in [1.29, 1.82) is 0 Å². The summed E-state index contributed by atoms with van der Waals surface area (Å²) in [6.45, 7) is 2.16. The second-order valence-corrected chi connectivity index (χ2v) is 3.11. The first kappa shape index (κ1) is 14.3. The van der Waals surface area contributed by atoms with Crippen molar-refractivity contribution in [3.8, 4) is 5.75 Å². The summed E-state index contributed by atoms with van der Waals surface area (Å²) in [4.78, 5) is 10.9. The van der Waals surface area contributed by atoms with Gasteiger partial charge >= 0.3 is 0 Å². The molecule has 0 aromatic heterocycles. The second-order valence-electron chi connectivity index (χ2n) is 3.11. The topological polar surface area (TPSA) is 29.5 Å². The van der Waals surface area contributed by atoms with E-state index >= 15 is 0 Å². The van der Waals surface area contributed by atoms with Gasteiger partial charge in [-0.05, 0) is 6.92 Å². The molecular weight excluding hydrogens is 216 g/mol. The van der Waals surface area contributed by atoms with E-state index < -0.39 is 11.6 Å². The van der Waals surface area contributed by atoms with Gasteiger partial charge in [0.2, 0.25) is 6.41 Å². The highest BCUT2D eigenvalue weighted by molar-refractivity contribution is 5.45. The van der Waals surface area contributed by atoms with Gasteiger partial charge in [-0.15, -0.1) is 0 Å². The third kappa shape index (κ3) is 6.75. The van der Waals surface area contributed by atoms with E-state index in [0.29, 0.717) is 6.61 Å². The molecule has 1 rings (SSSR count). The first-order valence-electron chi connectivity index (χ1n) is 4.70. The van der Waals surface area contributed by atoms with Crippen LogP contribution in [0.25, 0.3) is 0 Å². The van der Waals surface area contributed by atoms with Gasteiger partial charge in [0, 0.05) is 32.3 Å². The minimum atomic E-state index is -0.617. The predicted molar refractivity (Wildman–Crippen MR) is 57.3 cm³/mol. The quantitative estimate of drug-likeness (QED) is 0.745. The van der Waals surface area contributed by atoms with Crippen LogP contribution in [0.3, 0.4) is 0 Å². The summed E-state index contributed by atoms with van der Waals surface area (Å²) in [6.07, 6.45) is 0.750. The van der Waals surface area contributed by atoms with E-state index in [1.165, 1.54) is 4.90 Å². The molecule has 0 fully saturated rings. The molecule has 0 N–H and O–H groups in total. The molecule has 0 saturated carbocycles. The van der Waals surface area contributed by atoms with Gasteiger partial charge in [-0.25, -0.2) is 8.78 Å². The van der Waals surface area contributed by atoms with E-state index in [4.69, 9.17) is 4.74 Å². The Balaban J connectivity index is 0.000000385. The smallest absolute Gasteiger partial charge is 0.209 e. The zero-order valence-electron chi connectivity index (χ0n) is 9.54. The number of halogens is 2. The molecule has 0 bridgehead atoms. The van der Waals surface area contributed by atoms with Crippen molar-refractivity contribution in [3.63, 3.8) is 0 Å². The summed E-state index contributed by atoms with van der Waals surface area (Å²) in [5.74, 6) is -1.01. The van der Waals surface area contributed by atoms with E-state index in [1.54, 1.807) is 21.0 Å². The van der Waals surface area contributed by atoms with Crippen LogP contribution in [-0.4, -0.2) is 32.0 Å². The number of nitrogens with zero attached hydrogens (tertiary/aromatic N) is 1. The minimum absolute atomic E-state index is 0.227. The lowest BCUT2D eigenvalue weighted by Crippen LogP contribution is -2.06. The van der Waals surface area contributed by atoms with Crippen LogP contribution in [-0.2, 0) is 4.79 Å². The van der Waals surface area contributed by atoms with E-state index in [9.17, 15) is 13.6 Å². The molecule has 0 aliphatic heterocycles. The largest absolute Gasteiger partial charge is 0.494 e. The lowest BCUT2D eigenvalue weighted by Gasteiger charge is -2.01. The Kier molecular flexibility index (Phi) is 6.83. The van der Waals surface area contributed by atoms with E-state index in [0.717, 1.165) is 24.6 Å². The summed E-state index contributed by atoms with van der Waals surface area (Å²) in [5.41, 5.74) is 0. The second kappa shape index (κ2) is 7.62. The fourth-order valence-electron chi connectivity index (χ4n) is 0.779. The van der Waals surface area contributed by atoms with Gasteiger partial charge in [0.1, 0.15) is 17.4 Å². The monoisotopic (exact) mass is 231 g/mol. The number of carbonyl (C=O) groups is 1. The summed E-state index contributed by atoms with van der Waals surface area (Å²) in [7, 11) is 3.38. The van der Waals surface area contributed by atoms with Crippen molar-refractivity contribution in [2.75, 3.05) is 20.7 Å². The van der Waals surface area contributed by atoms with Gasteiger partial charge in [-0.2, -0.15) is 0 Å². The summed E-state index contributed by atoms with van der Waals surface area (Å²) >= 11 is 0. The molecule has 3 nitrogen and oxygen atoms in total. The van der Waals surface area contributed by atoms with Gasteiger partial charge < -0.3 is 9.64 Å². The summed E-state index contributed by atoms with van der Waals surface area (Å²) in [6, 6.07) is 3.10. The molecule has 0 atom stereocenters. The number of carbonyl (C=O) groups excluding carboxylic acids is 1. The number of hydrogen-bond acceptors (Lipinski definition) is 2. The van der Waals surface area contributed by atoms with Crippen LogP contribution in [0.5, 0.6) is 5.75 Å². The molecule has 16 heavy (non-hydrogen) atoms. The van der Waals surface area contributed by atoms with Crippen LogP contribution in [0.1, 0.15) is 6.92 Å². The number of hydrogen-bond donors (Lipinski definition) is 0. The normalized spacial score (nSPS) is 8.81. The van der Waals surface area contributed by atoms with Gasteiger partial charge in [-0.3, -0.25) is 4.79 Å². The van der Waals surface area contributed by atoms with Crippen molar-refractivity contribution >= 4 is 6.41 Å². The molecule has 0 aliphatic rings. The Hall–Kier alpha value is -1.65. The van der Waals surface area contributed by atoms with Gasteiger partial charge in [-0.1, -0.05) is 0 Å². The first-order chi connectivity index (χ1) is 7.49. The lowest BCUT2D eigenvalue weighted by molar-refractivity contribution is -0.115. The fraction of sp³-hybridized carbons (Fsp3) is 0.364. The Labute approximate surface area is 93.6 Å². The summed E-state index contributed by atoms with van der Waals surface area (Å²) in [5, 5.41) is 0. The highest BCUT2D eigenvalue weighted by Gasteiger charge is 1.99. The zero-order chi connectivity index (χ0) is 12.6. The summed E-state index contributed by atoms with van der Waals surface area (Å²) < 4.78 is 29.8. The molecule has 0 saturated heterocycles. The van der Waals surface area contributed by atoms with E-state index in [-0.39, 0.29) is 5.75 Å². The molecular formula is C11H15F2NO2. The number of amides is 1. The lowest BCUT2D eigenvalue weighted by atomic mass is 10.3. The van der Waals surface area contributed by atoms with Crippen LogP contribution < -0.4 is 4.74 Å². The number of benzene rings is 1. The van der Waals surface area contributed by atoms with Gasteiger partial charge in [0.15, 0.2) is 0 Å². The molecule has 0 spiro atoms. The Morgan fingerprint density at radius 2 is 1.69 bits per heavy atom. The maximum absolute atomic E-state index is 12.4. The van der Waals surface area contributed by atoms with Gasteiger partial charge in [0.25, 0.3) is 0 Å². The van der Waals surface area contributed by atoms with Crippen LogP contribution in [0, 0.1) is 11.6 Å². The van der Waals surface area contributed by atoms with Gasteiger partial charge in [0.05, 0.1) is 6.61 Å². The minimum Gasteiger partial charge on any atom is -0.494 e. The zero-order valence-corrected chi connectivity index (χ0v) is 9.54. The molecule has 1 amide bonds. The van der Waals surface area contributed by atoms with Crippen LogP contribution in [0.2, 0.25) is 0 Å². The molecule has 90 valence electrons. The number of rotatable bonds is 3. The predicted octanol–water partition coefficient (Wildman–Crippen LogP) is 2.07. The molecule has 1 aromatic rings. The third-order valence-corrected chi connectivity index (χ3v) is 1.36. The number of ether oxygens (including phenoxy) is 1. The van der Waals surface area contributed by atoms with Crippen molar-refractivity contribution in [2.24, 2.45) is 0 Å². The van der Waals surface area contributed by atoms with Crippen LogP contribution in [0.15, 0.2) is 18.2 Å². The molecule has 0 heterocycles. The standard InChI is InChI=1S/C8H8F2O.C3H7NO/c1-2-11-8-4-6(9)3-7(10)5-8;1-4(2)3-5/h3-5H,2H2,1H3;3H,1-2H3. The third-order valence-electron chi connectivity index (χ3n) is 1.36. The van der Waals surface area contributed by atoms with Crippen molar-refractivity contribution < 1.29 is 18.3 Å². The van der Waals surface area contributed by atoms with Crippen LogP contribution >= 0.6 is 0 Å². The Morgan fingerprint density at radius 1 is 1.25 bits per heavy atom. The SMILES string of the molecule is CCOc1cc(F)cc(F)c1.CN(C)C=O. The van der Waals surface area contributed by atoms with Crippen molar-refractivity contribution in [1.82, 2.24) is 4.90 Å². The average molecular weight is 231 g/mol. The highest BCUT2D eigenvalue weighted by Crippen LogP contribution is 2.14. The maximum Gasteiger partial charge on any atom is 0.209 e. The Morgan fingerprint density at radius 3 is 2.00 bits per heavy atom. The molecule has 0 aliphatic carbocycles. The highest BCUT2D eigenvalue weighted by atomic mass is 19.1.